The van der Waals surface area contributed by atoms with Crippen LogP contribution in [-0.2, 0) is 11.2 Å². The lowest BCUT2D eigenvalue weighted by Gasteiger charge is -2.14. The first-order valence-corrected chi connectivity index (χ1v) is 17.7. The van der Waals surface area contributed by atoms with E-state index in [2.05, 4.69) is 35.6 Å². The molecule has 0 fully saturated rings. The number of aromatic amines is 1. The first-order chi connectivity index (χ1) is 22.6. The molecule has 0 aliphatic heterocycles. The molecule has 0 aliphatic carbocycles. The molecule has 4 aromatic rings. The van der Waals surface area contributed by atoms with Gasteiger partial charge in [0.25, 0.3) is 11.5 Å². The minimum atomic E-state index is -0.403. The lowest BCUT2D eigenvalue weighted by molar-refractivity contribution is -0.118. The molecule has 1 aromatic heterocycles. The van der Waals surface area contributed by atoms with Crippen LogP contribution in [-0.4, -0.2) is 22.3 Å². The van der Waals surface area contributed by atoms with Crippen LogP contribution in [0, 0.1) is 6.92 Å². The molecule has 47 heavy (non-hydrogen) atoms. The van der Waals surface area contributed by atoms with Crippen molar-refractivity contribution in [2.24, 2.45) is 0 Å². The number of anilines is 3. The minimum Gasteiger partial charge on any atom is -0.483 e. The molecule has 0 spiro atoms. The second-order valence-corrected chi connectivity index (χ2v) is 13.4. The lowest BCUT2D eigenvalue weighted by atomic mass is 10.0. The maximum atomic E-state index is 12.9. The van der Waals surface area contributed by atoms with Gasteiger partial charge in [0, 0.05) is 16.8 Å². The van der Waals surface area contributed by atoms with Crippen molar-refractivity contribution in [3.05, 3.63) is 96.2 Å². The Morgan fingerprint density at radius 1 is 0.809 bits per heavy atom. The van der Waals surface area contributed by atoms with Gasteiger partial charge in [-0.2, -0.15) is 0 Å². The van der Waals surface area contributed by atoms with Crippen LogP contribution in [0.5, 0.6) is 5.75 Å². The summed E-state index contributed by atoms with van der Waals surface area (Å²) in [6.07, 6.45) is 13.8. The summed E-state index contributed by atoms with van der Waals surface area (Å²) in [6, 6.07) is 15.4. The van der Waals surface area contributed by atoms with E-state index in [9.17, 15) is 9.59 Å². The van der Waals surface area contributed by atoms with E-state index in [0.29, 0.717) is 27.2 Å². The molecule has 0 radical (unpaired) electrons. The lowest BCUT2D eigenvalue weighted by Crippen LogP contribution is -2.20. The maximum absolute atomic E-state index is 12.9. The number of rotatable bonds is 18. The number of H-pyrrole nitrogens is 1. The Labute approximate surface area is 296 Å². The summed E-state index contributed by atoms with van der Waals surface area (Å²) in [6.45, 7) is 4.18. The number of carbonyl (C=O) groups excluding carboxylic acids is 1. The van der Waals surface area contributed by atoms with Gasteiger partial charge in [-0.3, -0.25) is 14.7 Å². The predicted molar refractivity (Wildman–Crippen MR) is 197 cm³/mol. The molecule has 1 heterocycles. The Kier molecular flexibility index (Phi) is 14.4. The number of benzene rings is 3. The summed E-state index contributed by atoms with van der Waals surface area (Å²) in [4.78, 5) is 25.6. The van der Waals surface area contributed by atoms with E-state index in [1.807, 2.05) is 12.1 Å². The normalized spacial score (nSPS) is 11.1. The highest BCUT2D eigenvalue weighted by Crippen LogP contribution is 2.32. The van der Waals surface area contributed by atoms with Crippen molar-refractivity contribution in [3.63, 3.8) is 0 Å². The van der Waals surface area contributed by atoms with Crippen LogP contribution in [0.3, 0.4) is 0 Å². The van der Waals surface area contributed by atoms with E-state index in [-0.39, 0.29) is 28.2 Å². The van der Waals surface area contributed by atoms with E-state index < -0.39 is 5.56 Å². The van der Waals surface area contributed by atoms with Crippen LogP contribution in [0.4, 0.5) is 17.2 Å². The Balaban J connectivity index is 1.30. The van der Waals surface area contributed by atoms with E-state index in [1.54, 1.807) is 18.2 Å². The molecule has 7 nitrogen and oxygen atoms in total. The fraction of sp³-hybridized carbons (Fsp3) is 0.389. The van der Waals surface area contributed by atoms with Crippen LogP contribution in [0.1, 0.15) is 82.3 Å². The monoisotopic (exact) mass is 718 g/mol. The third-order valence-corrected chi connectivity index (χ3v) is 8.94. The van der Waals surface area contributed by atoms with Crippen molar-refractivity contribution in [1.29, 1.82) is 0 Å². The number of ether oxygens (including phenoxy) is 1. The molecule has 0 saturated heterocycles. The minimum absolute atomic E-state index is 0.141. The fourth-order valence-corrected chi connectivity index (χ4v) is 6.56. The Hall–Kier alpha value is -3.10. The van der Waals surface area contributed by atoms with Crippen LogP contribution in [0.2, 0.25) is 20.1 Å². The molecule has 252 valence electrons. The SMILES string of the molecule is CCCCCCCCCCCCc1cc(C)ccc1OCC(=O)Nc1ccc(Cl)c(Nc2cc(=O)n(-c3c(Cl)cc(Cl)cc3Cl)[nH]2)c1. The number of hydrogen-bond acceptors (Lipinski definition) is 4. The number of nitrogens with zero attached hydrogens (tertiary/aromatic N) is 1. The predicted octanol–water partition coefficient (Wildman–Crippen LogP) is 11.3. The number of halogens is 4. The average molecular weight is 721 g/mol. The number of hydrogen-bond donors (Lipinski definition) is 3. The van der Waals surface area contributed by atoms with E-state index in [4.69, 9.17) is 51.1 Å². The van der Waals surface area contributed by atoms with Gasteiger partial charge in [-0.1, -0.05) is 129 Å². The van der Waals surface area contributed by atoms with Crippen molar-refractivity contribution in [2.75, 3.05) is 17.2 Å². The van der Waals surface area contributed by atoms with E-state index in [1.165, 1.54) is 86.2 Å². The third kappa shape index (κ3) is 11.2. The molecular formula is C36H42Cl4N4O3. The Morgan fingerprint density at radius 3 is 2.15 bits per heavy atom. The molecular weight excluding hydrogens is 678 g/mol. The smallest absolute Gasteiger partial charge is 0.273 e. The van der Waals surface area contributed by atoms with Gasteiger partial charge in [0.05, 0.1) is 20.8 Å². The zero-order valence-electron chi connectivity index (χ0n) is 26.9. The van der Waals surface area contributed by atoms with Crippen molar-refractivity contribution in [3.8, 4) is 11.4 Å². The van der Waals surface area contributed by atoms with Crippen molar-refractivity contribution in [2.45, 2.75) is 84.5 Å². The number of amides is 1. The number of unbranched alkanes of at least 4 members (excludes halogenated alkanes) is 9. The van der Waals surface area contributed by atoms with Crippen molar-refractivity contribution < 1.29 is 9.53 Å². The van der Waals surface area contributed by atoms with Gasteiger partial charge in [-0.15, -0.1) is 0 Å². The molecule has 0 atom stereocenters. The summed E-state index contributed by atoms with van der Waals surface area (Å²) < 4.78 is 7.18. The average Bonchev–Trinajstić information content (AvgIpc) is 3.37. The molecule has 0 saturated carbocycles. The number of nitrogens with one attached hydrogen (secondary N) is 3. The molecule has 1 amide bonds. The van der Waals surface area contributed by atoms with Crippen molar-refractivity contribution in [1.82, 2.24) is 9.78 Å². The number of aryl methyl sites for hydroxylation is 2. The molecule has 0 unspecified atom stereocenters. The van der Waals surface area contributed by atoms with Gasteiger partial charge in [0.15, 0.2) is 6.61 Å². The van der Waals surface area contributed by atoms with E-state index in [0.717, 1.165) is 24.2 Å². The van der Waals surface area contributed by atoms with Crippen LogP contribution in [0.15, 0.2) is 59.4 Å². The highest BCUT2D eigenvalue weighted by Gasteiger charge is 2.15. The van der Waals surface area contributed by atoms with Gasteiger partial charge >= 0.3 is 0 Å². The highest BCUT2D eigenvalue weighted by atomic mass is 35.5. The van der Waals surface area contributed by atoms with Gasteiger partial charge in [0.2, 0.25) is 0 Å². The second kappa shape index (κ2) is 18.4. The second-order valence-electron chi connectivity index (χ2n) is 11.8. The first-order valence-electron chi connectivity index (χ1n) is 16.2. The largest absolute Gasteiger partial charge is 0.483 e. The Bertz CT molecular complexity index is 1680. The number of carbonyl (C=O) groups is 1. The molecule has 3 aromatic carbocycles. The van der Waals surface area contributed by atoms with Gasteiger partial charge in [0.1, 0.15) is 17.3 Å². The summed E-state index contributed by atoms with van der Waals surface area (Å²) in [7, 11) is 0. The molecule has 0 aliphatic rings. The zero-order chi connectivity index (χ0) is 33.8. The van der Waals surface area contributed by atoms with Gasteiger partial charge < -0.3 is 15.4 Å². The van der Waals surface area contributed by atoms with Crippen LogP contribution < -0.4 is 20.9 Å². The van der Waals surface area contributed by atoms with Gasteiger partial charge in [-0.05, 0) is 61.7 Å². The molecule has 4 rings (SSSR count). The van der Waals surface area contributed by atoms with Crippen molar-refractivity contribution >= 4 is 69.5 Å². The van der Waals surface area contributed by atoms with Gasteiger partial charge in [-0.25, -0.2) is 4.68 Å². The zero-order valence-corrected chi connectivity index (χ0v) is 29.9. The van der Waals surface area contributed by atoms with Crippen LogP contribution >= 0.6 is 46.4 Å². The maximum Gasteiger partial charge on any atom is 0.273 e. The summed E-state index contributed by atoms with van der Waals surface area (Å²) >= 11 is 25.0. The quantitative estimate of drug-likeness (QED) is 0.0893. The topological polar surface area (TPSA) is 88.2 Å². The highest BCUT2D eigenvalue weighted by molar-refractivity contribution is 6.40. The summed E-state index contributed by atoms with van der Waals surface area (Å²) in [5.41, 5.74) is 3.12. The van der Waals surface area contributed by atoms with E-state index >= 15 is 0 Å². The Morgan fingerprint density at radius 2 is 1.47 bits per heavy atom. The first kappa shape index (κ1) is 36.7. The molecule has 0 bridgehead atoms. The molecule has 3 N–H and O–H groups in total. The number of aromatic nitrogens is 2. The van der Waals surface area contributed by atoms with Crippen LogP contribution in [0.25, 0.3) is 5.69 Å². The summed E-state index contributed by atoms with van der Waals surface area (Å²) in [5.74, 6) is 0.755. The fourth-order valence-electron chi connectivity index (χ4n) is 5.41. The third-order valence-electron chi connectivity index (χ3n) is 7.82. The molecule has 11 heteroatoms. The standard InChI is InChI=1S/C36H42Cl4N4O3/c1-3-4-5-6-7-8-9-10-11-12-13-25-18-24(2)14-17-32(25)47-23-34(45)41-27-15-16-28(38)31(21-27)42-33-22-35(46)44(43-33)36-29(39)19-26(37)20-30(36)40/h14-22,42-43H,3-13,23H2,1-2H3,(H,41,45). The summed E-state index contributed by atoms with van der Waals surface area (Å²) in [5, 5.41) is 10.0.